The molecule has 1 atom stereocenters. The summed E-state index contributed by atoms with van der Waals surface area (Å²) < 4.78 is 12.1. The summed E-state index contributed by atoms with van der Waals surface area (Å²) in [6, 6.07) is 3.59. The van der Waals surface area contributed by atoms with Gasteiger partial charge in [0, 0.05) is 29.0 Å². The van der Waals surface area contributed by atoms with Crippen LogP contribution >= 0.6 is 0 Å². The normalized spacial score (nSPS) is 21.6. The Bertz CT molecular complexity index is 874. The zero-order chi connectivity index (χ0) is 18.3. The van der Waals surface area contributed by atoms with E-state index >= 15 is 0 Å². The molecule has 1 aromatic heterocycles. The Hall–Kier alpha value is -1.81. The molecular weight excluding hydrogens is 328 g/mol. The number of aliphatic hydroxyl groups excluding tert-OH is 1. The van der Waals surface area contributed by atoms with Crippen LogP contribution in [0, 0.1) is 6.92 Å². The number of benzene rings is 1. The highest BCUT2D eigenvalue weighted by Gasteiger charge is 2.42. The molecule has 2 heterocycles. The summed E-state index contributed by atoms with van der Waals surface area (Å²) in [6.07, 6.45) is 8.57. The van der Waals surface area contributed by atoms with Gasteiger partial charge < -0.3 is 14.3 Å². The fourth-order valence-corrected chi connectivity index (χ4v) is 4.71. The molecule has 140 valence electrons. The van der Waals surface area contributed by atoms with Crippen LogP contribution in [0.2, 0.25) is 0 Å². The lowest BCUT2D eigenvalue weighted by molar-refractivity contribution is -0.0385. The molecule has 0 radical (unpaired) electrons. The topological polar surface area (TPSA) is 59.7 Å². The van der Waals surface area contributed by atoms with Gasteiger partial charge in [-0.25, -0.2) is 4.79 Å². The lowest BCUT2D eigenvalue weighted by Crippen LogP contribution is -2.43. The molecule has 0 saturated heterocycles. The largest absolute Gasteiger partial charge is 0.486 e. The highest BCUT2D eigenvalue weighted by molar-refractivity contribution is 5.86. The molecule has 1 spiro atoms. The van der Waals surface area contributed by atoms with Crippen molar-refractivity contribution in [3.05, 3.63) is 39.2 Å². The Kier molecular flexibility index (Phi) is 4.55. The minimum atomic E-state index is -0.522. The van der Waals surface area contributed by atoms with Gasteiger partial charge in [-0.2, -0.15) is 0 Å². The Labute approximate surface area is 154 Å². The number of rotatable bonds is 3. The maximum Gasteiger partial charge on any atom is 0.336 e. The minimum absolute atomic E-state index is 0.261. The number of hydrogen-bond acceptors (Lipinski definition) is 4. The minimum Gasteiger partial charge on any atom is -0.486 e. The van der Waals surface area contributed by atoms with Gasteiger partial charge in [0.2, 0.25) is 0 Å². The number of unbranched alkanes of at least 4 members (excludes halogenated alkanes) is 1. The summed E-state index contributed by atoms with van der Waals surface area (Å²) in [4.78, 5) is 12.1. The molecule has 26 heavy (non-hydrogen) atoms. The van der Waals surface area contributed by atoms with Crippen molar-refractivity contribution in [2.75, 3.05) is 0 Å². The monoisotopic (exact) mass is 356 g/mol. The second-order valence-corrected chi connectivity index (χ2v) is 8.06. The van der Waals surface area contributed by atoms with E-state index in [-0.39, 0.29) is 11.2 Å². The van der Waals surface area contributed by atoms with Gasteiger partial charge >= 0.3 is 5.63 Å². The van der Waals surface area contributed by atoms with Crippen molar-refractivity contribution in [2.45, 2.75) is 83.3 Å². The SMILES string of the molecule is CCCCc1cc(=O)oc2c(C)c3c(cc12)[C@@H](O)CC1(CCCCC1)O3. The van der Waals surface area contributed by atoms with Crippen molar-refractivity contribution in [3.63, 3.8) is 0 Å². The van der Waals surface area contributed by atoms with Gasteiger partial charge in [0.1, 0.15) is 16.9 Å². The van der Waals surface area contributed by atoms with E-state index in [2.05, 4.69) is 6.92 Å². The van der Waals surface area contributed by atoms with Crippen LogP contribution in [0.15, 0.2) is 21.3 Å². The van der Waals surface area contributed by atoms with Crippen LogP contribution in [0.1, 0.15) is 81.1 Å². The van der Waals surface area contributed by atoms with Crippen molar-refractivity contribution < 1.29 is 14.3 Å². The fraction of sp³-hybridized carbons (Fsp3) is 0.591. The van der Waals surface area contributed by atoms with Crippen LogP contribution in [0.25, 0.3) is 11.0 Å². The average molecular weight is 356 g/mol. The standard InChI is InChI=1S/C22H28O4/c1-3-4-8-15-11-19(24)25-20-14(2)21-17(12-16(15)20)18(23)13-22(26-21)9-6-5-7-10-22/h11-12,18,23H,3-10,13H2,1-2H3/t18-/m0/s1. The maximum atomic E-state index is 12.1. The van der Waals surface area contributed by atoms with Crippen molar-refractivity contribution in [3.8, 4) is 5.75 Å². The number of hydrogen-bond donors (Lipinski definition) is 1. The van der Waals surface area contributed by atoms with E-state index in [0.717, 1.165) is 72.8 Å². The molecule has 1 fully saturated rings. The Morgan fingerprint density at radius 2 is 2.00 bits per heavy atom. The first-order valence-corrected chi connectivity index (χ1v) is 10.0. The molecule has 2 aliphatic rings. The van der Waals surface area contributed by atoms with E-state index in [0.29, 0.717) is 12.0 Å². The fourth-order valence-electron chi connectivity index (χ4n) is 4.71. The van der Waals surface area contributed by atoms with Crippen molar-refractivity contribution >= 4 is 11.0 Å². The van der Waals surface area contributed by atoms with E-state index in [9.17, 15) is 9.90 Å². The summed E-state index contributed by atoms with van der Waals surface area (Å²) in [5.41, 5.74) is 2.74. The van der Waals surface area contributed by atoms with Gasteiger partial charge in [-0.3, -0.25) is 0 Å². The molecule has 0 unspecified atom stereocenters. The summed E-state index contributed by atoms with van der Waals surface area (Å²) >= 11 is 0. The number of ether oxygens (including phenoxy) is 1. The first-order chi connectivity index (χ1) is 12.5. The third-order valence-electron chi connectivity index (χ3n) is 6.14. The first-order valence-electron chi connectivity index (χ1n) is 10.0. The molecule has 2 aromatic rings. The zero-order valence-electron chi connectivity index (χ0n) is 15.8. The average Bonchev–Trinajstić information content (AvgIpc) is 2.62. The summed E-state index contributed by atoms with van der Waals surface area (Å²) in [5.74, 6) is 0.731. The summed E-state index contributed by atoms with van der Waals surface area (Å²) in [7, 11) is 0. The Balaban J connectivity index is 1.86. The number of aliphatic hydroxyl groups is 1. The zero-order valence-corrected chi connectivity index (χ0v) is 15.8. The highest BCUT2D eigenvalue weighted by atomic mass is 16.5. The van der Waals surface area contributed by atoms with Gasteiger partial charge in [0.25, 0.3) is 0 Å². The van der Waals surface area contributed by atoms with Gasteiger partial charge in [0.15, 0.2) is 0 Å². The molecule has 4 nitrogen and oxygen atoms in total. The van der Waals surface area contributed by atoms with Crippen molar-refractivity contribution in [1.82, 2.24) is 0 Å². The van der Waals surface area contributed by atoms with Crippen LogP contribution in [0.4, 0.5) is 0 Å². The quantitative estimate of drug-likeness (QED) is 0.790. The van der Waals surface area contributed by atoms with E-state index in [1.54, 1.807) is 6.07 Å². The Morgan fingerprint density at radius 1 is 1.23 bits per heavy atom. The van der Waals surface area contributed by atoms with Crippen LogP contribution in [0.5, 0.6) is 5.75 Å². The predicted octanol–water partition coefficient (Wildman–Crippen LogP) is 4.96. The van der Waals surface area contributed by atoms with E-state index in [1.165, 1.54) is 6.42 Å². The molecule has 1 saturated carbocycles. The van der Waals surface area contributed by atoms with Crippen LogP contribution in [0.3, 0.4) is 0 Å². The molecule has 1 aliphatic carbocycles. The van der Waals surface area contributed by atoms with Crippen LogP contribution < -0.4 is 10.4 Å². The van der Waals surface area contributed by atoms with Crippen molar-refractivity contribution in [2.24, 2.45) is 0 Å². The van der Waals surface area contributed by atoms with E-state index in [4.69, 9.17) is 9.15 Å². The second kappa shape index (κ2) is 6.73. The smallest absolute Gasteiger partial charge is 0.336 e. The van der Waals surface area contributed by atoms with Gasteiger partial charge in [-0.15, -0.1) is 0 Å². The lowest BCUT2D eigenvalue weighted by Gasteiger charge is -2.43. The molecule has 1 N–H and O–H groups in total. The summed E-state index contributed by atoms with van der Waals surface area (Å²) in [6.45, 7) is 4.09. The number of aryl methyl sites for hydroxylation is 2. The lowest BCUT2D eigenvalue weighted by atomic mass is 9.77. The highest BCUT2D eigenvalue weighted by Crippen LogP contribution is 2.49. The molecule has 0 amide bonds. The maximum absolute atomic E-state index is 12.1. The van der Waals surface area contributed by atoms with Crippen LogP contribution in [-0.4, -0.2) is 10.7 Å². The number of fused-ring (bicyclic) bond motifs is 2. The molecule has 1 aliphatic heterocycles. The second-order valence-electron chi connectivity index (χ2n) is 8.06. The first kappa shape index (κ1) is 17.6. The third-order valence-corrected chi connectivity index (χ3v) is 6.14. The van der Waals surface area contributed by atoms with E-state index < -0.39 is 6.10 Å². The van der Waals surface area contributed by atoms with Gasteiger partial charge in [0.05, 0.1) is 6.10 Å². The summed E-state index contributed by atoms with van der Waals surface area (Å²) in [5, 5.41) is 11.9. The molecule has 4 rings (SSSR count). The predicted molar refractivity (Wildman–Crippen MR) is 102 cm³/mol. The van der Waals surface area contributed by atoms with E-state index in [1.807, 2.05) is 13.0 Å². The molecular formula is C22H28O4. The molecule has 4 heteroatoms. The Morgan fingerprint density at radius 3 is 2.73 bits per heavy atom. The molecule has 0 bridgehead atoms. The van der Waals surface area contributed by atoms with Crippen LogP contribution in [-0.2, 0) is 6.42 Å². The van der Waals surface area contributed by atoms with Gasteiger partial charge in [-0.1, -0.05) is 19.8 Å². The van der Waals surface area contributed by atoms with Crippen molar-refractivity contribution in [1.29, 1.82) is 0 Å². The third kappa shape index (κ3) is 2.94. The molecule has 1 aromatic carbocycles. The van der Waals surface area contributed by atoms with Gasteiger partial charge in [-0.05, 0) is 57.1 Å².